The van der Waals surface area contributed by atoms with Crippen molar-refractivity contribution in [2.75, 3.05) is 32.8 Å². The van der Waals surface area contributed by atoms with Gasteiger partial charge in [0.05, 0.1) is 6.54 Å². The number of fused-ring (bicyclic) bond motifs is 1. The number of carbonyl (C=O) groups is 2. The van der Waals surface area contributed by atoms with Crippen molar-refractivity contribution in [3.05, 3.63) is 23.8 Å². The van der Waals surface area contributed by atoms with E-state index in [-0.39, 0.29) is 17.7 Å². The van der Waals surface area contributed by atoms with Crippen LogP contribution in [-0.2, 0) is 16.1 Å². The Kier molecular flexibility index (Phi) is 6.67. The fraction of sp³-hybridized carbons (Fsp3) is 0.643. The van der Waals surface area contributed by atoms with Gasteiger partial charge >= 0.3 is 0 Å². The summed E-state index contributed by atoms with van der Waals surface area (Å²) in [6.45, 7) is 7.46. The molecule has 2 saturated heterocycles. The standard InChI is InChI=1S/C28H37N3O4/c1-3-4-14-31-26(33)27(2,22-8-6-5-7-9-22)29-25(32)28(31)12-15-30(16-13-28)20-21-10-11-23-24(19-21)35-18-17-34-23/h10-11,19,22H,5-9,12-18,20H2,1-2H3,(H,29,32). The van der Waals surface area contributed by atoms with E-state index < -0.39 is 11.1 Å². The minimum absolute atomic E-state index is 0.00190. The molecule has 7 heteroatoms. The van der Waals surface area contributed by atoms with Crippen molar-refractivity contribution in [2.45, 2.75) is 76.4 Å². The first kappa shape index (κ1) is 24.0. The first-order valence-electron chi connectivity index (χ1n) is 13.1. The lowest BCUT2D eigenvalue weighted by Gasteiger charge is -2.55. The van der Waals surface area contributed by atoms with Crippen molar-refractivity contribution in [3.8, 4) is 23.3 Å². The average molecular weight is 480 g/mol. The number of ether oxygens (including phenoxy) is 2. The van der Waals surface area contributed by atoms with E-state index in [1.54, 1.807) is 6.92 Å². The molecule has 2 amide bonds. The molecule has 3 heterocycles. The van der Waals surface area contributed by atoms with Gasteiger partial charge in [-0.05, 0) is 63.1 Å². The number of amides is 2. The van der Waals surface area contributed by atoms with Gasteiger partial charge in [0, 0.05) is 19.6 Å². The molecular weight excluding hydrogens is 442 g/mol. The quantitative estimate of drug-likeness (QED) is 0.672. The molecule has 0 aromatic heterocycles. The molecule has 1 aromatic rings. The summed E-state index contributed by atoms with van der Waals surface area (Å²) < 4.78 is 11.4. The molecule has 7 nitrogen and oxygen atoms in total. The minimum atomic E-state index is -0.833. The fourth-order valence-electron chi connectivity index (χ4n) is 6.36. The van der Waals surface area contributed by atoms with E-state index in [0.717, 1.165) is 62.4 Å². The maximum absolute atomic E-state index is 14.0. The Balaban J connectivity index is 1.32. The molecule has 3 fully saturated rings. The fourth-order valence-corrected chi connectivity index (χ4v) is 6.36. The number of rotatable bonds is 4. The van der Waals surface area contributed by atoms with Crippen LogP contribution in [0.2, 0.25) is 0 Å². The van der Waals surface area contributed by atoms with Crippen molar-refractivity contribution in [1.29, 1.82) is 0 Å². The van der Waals surface area contributed by atoms with Gasteiger partial charge in [-0.2, -0.15) is 0 Å². The van der Waals surface area contributed by atoms with Gasteiger partial charge in [0.25, 0.3) is 0 Å². The van der Waals surface area contributed by atoms with Gasteiger partial charge in [0.15, 0.2) is 11.5 Å². The second-order valence-corrected chi connectivity index (χ2v) is 10.6. The van der Waals surface area contributed by atoms with Crippen LogP contribution in [-0.4, -0.2) is 65.5 Å². The van der Waals surface area contributed by atoms with E-state index >= 15 is 0 Å². The number of benzene rings is 1. The molecular formula is C28H37N3O4. The van der Waals surface area contributed by atoms with Crippen LogP contribution in [0.4, 0.5) is 0 Å². The number of hydrogen-bond acceptors (Lipinski definition) is 5. The number of piperazine rings is 1. The van der Waals surface area contributed by atoms with Crippen molar-refractivity contribution in [1.82, 2.24) is 15.1 Å². The largest absolute Gasteiger partial charge is 0.486 e. The highest BCUT2D eigenvalue weighted by Gasteiger charge is 2.59. The molecule has 1 aromatic carbocycles. The lowest BCUT2D eigenvalue weighted by atomic mass is 9.70. The highest BCUT2D eigenvalue weighted by atomic mass is 16.6. The van der Waals surface area contributed by atoms with Crippen molar-refractivity contribution in [3.63, 3.8) is 0 Å². The summed E-state index contributed by atoms with van der Waals surface area (Å²) in [7, 11) is 0. The SMILES string of the molecule is CC#CCN1C(=O)C(C)(C2CCCCC2)NC(=O)C12CCN(Cc1ccc3c(c1)OCCO3)CC2. The minimum Gasteiger partial charge on any atom is -0.486 e. The smallest absolute Gasteiger partial charge is 0.250 e. The van der Waals surface area contributed by atoms with Crippen LogP contribution in [0, 0.1) is 17.8 Å². The molecule has 35 heavy (non-hydrogen) atoms. The number of piperidine rings is 1. The molecule has 1 N–H and O–H groups in total. The molecule has 1 atom stereocenters. The molecule has 0 radical (unpaired) electrons. The third kappa shape index (κ3) is 4.38. The third-order valence-electron chi connectivity index (χ3n) is 8.53. The van der Waals surface area contributed by atoms with Gasteiger partial charge in [0.2, 0.25) is 11.8 Å². The lowest BCUT2D eigenvalue weighted by molar-refractivity contribution is -0.168. The number of carbonyl (C=O) groups excluding carboxylic acids is 2. The number of nitrogens with zero attached hydrogens (tertiary/aromatic N) is 2. The van der Waals surface area contributed by atoms with Gasteiger partial charge in [-0.3, -0.25) is 14.5 Å². The van der Waals surface area contributed by atoms with Crippen LogP contribution in [0.15, 0.2) is 18.2 Å². The Morgan fingerprint density at radius 2 is 1.77 bits per heavy atom. The van der Waals surface area contributed by atoms with Crippen LogP contribution < -0.4 is 14.8 Å². The Morgan fingerprint density at radius 3 is 2.49 bits per heavy atom. The van der Waals surface area contributed by atoms with Crippen LogP contribution >= 0.6 is 0 Å². The lowest BCUT2D eigenvalue weighted by Crippen LogP contribution is -2.78. The average Bonchev–Trinajstić information content (AvgIpc) is 2.89. The second-order valence-electron chi connectivity index (χ2n) is 10.6. The summed E-state index contributed by atoms with van der Waals surface area (Å²) in [6, 6.07) is 6.10. The van der Waals surface area contributed by atoms with Crippen LogP contribution in [0.5, 0.6) is 11.5 Å². The predicted molar refractivity (Wildman–Crippen MR) is 133 cm³/mol. The van der Waals surface area contributed by atoms with Crippen LogP contribution in [0.3, 0.4) is 0 Å². The molecule has 1 unspecified atom stereocenters. The van der Waals surface area contributed by atoms with E-state index in [1.807, 2.05) is 17.9 Å². The monoisotopic (exact) mass is 479 g/mol. The Bertz CT molecular complexity index is 1030. The molecule has 0 bridgehead atoms. The van der Waals surface area contributed by atoms with Gasteiger partial charge in [-0.1, -0.05) is 31.2 Å². The first-order valence-corrected chi connectivity index (χ1v) is 13.1. The highest BCUT2D eigenvalue weighted by Crippen LogP contribution is 2.41. The van der Waals surface area contributed by atoms with Crippen LogP contribution in [0.25, 0.3) is 0 Å². The van der Waals surface area contributed by atoms with E-state index in [1.165, 1.54) is 6.42 Å². The summed E-state index contributed by atoms with van der Waals surface area (Å²) in [5, 5.41) is 3.25. The van der Waals surface area contributed by atoms with Gasteiger partial charge in [-0.25, -0.2) is 0 Å². The molecule has 5 rings (SSSR count). The summed E-state index contributed by atoms with van der Waals surface area (Å²) in [4.78, 5) is 31.9. The van der Waals surface area contributed by atoms with Crippen molar-refractivity contribution >= 4 is 11.8 Å². The number of likely N-dealkylation sites (tertiary alicyclic amines) is 1. The zero-order chi connectivity index (χ0) is 24.5. The predicted octanol–water partition coefficient (Wildman–Crippen LogP) is 3.11. The van der Waals surface area contributed by atoms with Gasteiger partial charge in [0.1, 0.15) is 24.3 Å². The Labute approximate surface area is 208 Å². The van der Waals surface area contributed by atoms with E-state index in [9.17, 15) is 9.59 Å². The zero-order valence-electron chi connectivity index (χ0n) is 21.0. The van der Waals surface area contributed by atoms with Gasteiger partial charge < -0.3 is 19.7 Å². The van der Waals surface area contributed by atoms with Crippen LogP contribution in [0.1, 0.15) is 64.4 Å². The summed E-state index contributed by atoms with van der Waals surface area (Å²) in [5.41, 5.74) is -0.494. The Hall–Kier alpha value is -2.72. The molecule has 188 valence electrons. The van der Waals surface area contributed by atoms with E-state index in [0.29, 0.717) is 32.6 Å². The first-order chi connectivity index (χ1) is 17.0. The number of nitrogens with one attached hydrogen (secondary N) is 1. The molecule has 3 aliphatic heterocycles. The molecule has 1 saturated carbocycles. The molecule has 4 aliphatic rings. The maximum Gasteiger partial charge on any atom is 0.250 e. The normalized spacial score (nSPS) is 26.7. The van der Waals surface area contributed by atoms with E-state index in [2.05, 4.69) is 34.2 Å². The van der Waals surface area contributed by atoms with Crippen molar-refractivity contribution in [2.24, 2.45) is 5.92 Å². The summed E-state index contributed by atoms with van der Waals surface area (Å²) in [5.74, 6) is 7.87. The zero-order valence-corrected chi connectivity index (χ0v) is 21.0. The van der Waals surface area contributed by atoms with Gasteiger partial charge in [-0.15, -0.1) is 5.92 Å². The third-order valence-corrected chi connectivity index (χ3v) is 8.53. The van der Waals surface area contributed by atoms with Crippen molar-refractivity contribution < 1.29 is 19.1 Å². The highest BCUT2D eigenvalue weighted by molar-refractivity contribution is 6.02. The van der Waals surface area contributed by atoms with E-state index in [4.69, 9.17) is 9.47 Å². The maximum atomic E-state index is 14.0. The molecule has 1 spiro atoms. The molecule has 1 aliphatic carbocycles. The topological polar surface area (TPSA) is 71.1 Å². The second kappa shape index (κ2) is 9.73. The Morgan fingerprint density at radius 1 is 1.06 bits per heavy atom. The summed E-state index contributed by atoms with van der Waals surface area (Å²) >= 11 is 0. The number of hydrogen-bond donors (Lipinski definition) is 1. The summed E-state index contributed by atoms with van der Waals surface area (Å²) in [6.07, 6.45) is 6.67.